The highest BCUT2D eigenvalue weighted by atomic mass is 16.2. The van der Waals surface area contributed by atoms with Crippen molar-refractivity contribution in [3.8, 4) is 11.3 Å². The van der Waals surface area contributed by atoms with Gasteiger partial charge in [-0.05, 0) is 61.7 Å². The topological polar surface area (TPSA) is 90.5 Å². The van der Waals surface area contributed by atoms with Crippen LogP contribution in [0.5, 0.6) is 0 Å². The maximum absolute atomic E-state index is 12.5. The Kier molecular flexibility index (Phi) is 7.63. The number of hydrogen-bond acceptors (Lipinski definition) is 6. The molecule has 0 unspecified atom stereocenters. The Balaban J connectivity index is 1.17. The zero-order chi connectivity index (χ0) is 25.6. The molecule has 2 fully saturated rings. The predicted molar refractivity (Wildman–Crippen MR) is 147 cm³/mol. The highest BCUT2D eigenvalue weighted by Gasteiger charge is 2.31. The standard InChI is InChI=1S/C29H34N6O2/c1-2-4-27(36)31-23-9-7-21(8-10-23)26-15-16-30-29(33-26)32-24-11-13-25(14-12-24)34-17-19-35(20-18-34)28(37)22-5-3-6-22/h7-16,22H,2-6,17-20H2,1H3,(H,31,36)(H,30,32,33). The van der Waals surface area contributed by atoms with E-state index in [4.69, 9.17) is 0 Å². The monoisotopic (exact) mass is 498 g/mol. The number of amides is 2. The van der Waals surface area contributed by atoms with E-state index < -0.39 is 0 Å². The van der Waals surface area contributed by atoms with E-state index >= 15 is 0 Å². The number of rotatable bonds is 8. The van der Waals surface area contributed by atoms with E-state index in [-0.39, 0.29) is 11.8 Å². The molecule has 2 aliphatic rings. The number of anilines is 4. The molecule has 8 nitrogen and oxygen atoms in total. The van der Waals surface area contributed by atoms with Gasteiger partial charge in [-0.2, -0.15) is 0 Å². The third kappa shape index (κ3) is 6.07. The number of nitrogens with one attached hydrogen (secondary N) is 2. The maximum atomic E-state index is 12.5. The number of benzene rings is 2. The van der Waals surface area contributed by atoms with E-state index in [1.165, 1.54) is 6.42 Å². The molecule has 192 valence electrons. The minimum Gasteiger partial charge on any atom is -0.368 e. The molecule has 37 heavy (non-hydrogen) atoms. The number of piperazine rings is 1. The van der Waals surface area contributed by atoms with Gasteiger partial charge >= 0.3 is 0 Å². The first-order valence-electron chi connectivity index (χ1n) is 13.2. The molecule has 1 aliphatic heterocycles. The van der Waals surface area contributed by atoms with Crippen LogP contribution in [0, 0.1) is 5.92 Å². The molecule has 1 aromatic heterocycles. The maximum Gasteiger partial charge on any atom is 0.227 e. The molecule has 0 atom stereocenters. The summed E-state index contributed by atoms with van der Waals surface area (Å²) < 4.78 is 0. The highest BCUT2D eigenvalue weighted by Crippen LogP contribution is 2.29. The molecule has 8 heteroatoms. The lowest BCUT2D eigenvalue weighted by molar-refractivity contribution is -0.138. The molecule has 0 spiro atoms. The minimum absolute atomic E-state index is 0.0242. The van der Waals surface area contributed by atoms with Crippen LogP contribution in [0.2, 0.25) is 0 Å². The molecule has 2 heterocycles. The van der Waals surface area contributed by atoms with Crippen LogP contribution in [0.3, 0.4) is 0 Å². The number of carbonyl (C=O) groups excluding carboxylic acids is 2. The van der Waals surface area contributed by atoms with Gasteiger partial charge in [0.1, 0.15) is 0 Å². The fourth-order valence-corrected chi connectivity index (χ4v) is 4.74. The predicted octanol–water partition coefficient (Wildman–Crippen LogP) is 5.07. The molecule has 0 bridgehead atoms. The molecule has 2 N–H and O–H groups in total. The van der Waals surface area contributed by atoms with Crippen molar-refractivity contribution in [2.75, 3.05) is 41.7 Å². The van der Waals surface area contributed by atoms with Gasteiger partial charge in [0, 0.05) is 67.3 Å². The zero-order valence-electron chi connectivity index (χ0n) is 21.3. The summed E-state index contributed by atoms with van der Waals surface area (Å²) in [4.78, 5) is 37.7. The third-order valence-corrected chi connectivity index (χ3v) is 7.13. The smallest absolute Gasteiger partial charge is 0.227 e. The third-order valence-electron chi connectivity index (χ3n) is 7.13. The molecule has 5 rings (SSSR count). The number of carbonyl (C=O) groups is 2. The Morgan fingerprint density at radius 1 is 0.919 bits per heavy atom. The van der Waals surface area contributed by atoms with E-state index in [1.807, 2.05) is 54.3 Å². The molecule has 1 saturated heterocycles. The first-order chi connectivity index (χ1) is 18.1. The summed E-state index contributed by atoms with van der Waals surface area (Å²) in [6, 6.07) is 17.8. The second kappa shape index (κ2) is 11.4. The van der Waals surface area contributed by atoms with Crippen LogP contribution in [0.25, 0.3) is 11.3 Å². The lowest BCUT2D eigenvalue weighted by atomic mass is 9.84. The van der Waals surface area contributed by atoms with E-state index in [2.05, 4.69) is 37.6 Å². The normalized spacial score (nSPS) is 15.7. The second-order valence-electron chi connectivity index (χ2n) is 9.75. The Hall–Kier alpha value is -3.94. The summed E-state index contributed by atoms with van der Waals surface area (Å²) in [7, 11) is 0. The van der Waals surface area contributed by atoms with Crippen LogP contribution >= 0.6 is 0 Å². The van der Waals surface area contributed by atoms with Crippen molar-refractivity contribution in [2.24, 2.45) is 5.92 Å². The van der Waals surface area contributed by atoms with E-state index in [1.54, 1.807) is 6.20 Å². The van der Waals surface area contributed by atoms with E-state index in [0.717, 1.165) is 73.8 Å². The van der Waals surface area contributed by atoms with Crippen molar-refractivity contribution in [1.82, 2.24) is 14.9 Å². The van der Waals surface area contributed by atoms with Gasteiger partial charge in [0.2, 0.25) is 17.8 Å². The van der Waals surface area contributed by atoms with Crippen LogP contribution in [0.1, 0.15) is 39.0 Å². The van der Waals surface area contributed by atoms with Crippen LogP contribution in [-0.2, 0) is 9.59 Å². The van der Waals surface area contributed by atoms with Crippen molar-refractivity contribution >= 4 is 34.8 Å². The quantitative estimate of drug-likeness (QED) is 0.450. The Morgan fingerprint density at radius 2 is 1.62 bits per heavy atom. The van der Waals surface area contributed by atoms with Crippen LogP contribution in [-0.4, -0.2) is 52.9 Å². The summed E-state index contributed by atoms with van der Waals surface area (Å²) in [5.41, 5.74) is 4.59. The van der Waals surface area contributed by atoms with Crippen molar-refractivity contribution in [2.45, 2.75) is 39.0 Å². The zero-order valence-corrected chi connectivity index (χ0v) is 21.3. The summed E-state index contributed by atoms with van der Waals surface area (Å²) in [5.74, 6) is 1.17. The lowest BCUT2D eigenvalue weighted by Gasteiger charge is -2.39. The van der Waals surface area contributed by atoms with Gasteiger partial charge in [0.15, 0.2) is 0 Å². The highest BCUT2D eigenvalue weighted by molar-refractivity contribution is 5.90. The fraction of sp³-hybridized carbons (Fsp3) is 0.379. The first kappa shape index (κ1) is 24.7. The largest absolute Gasteiger partial charge is 0.368 e. The molecule has 3 aromatic rings. The average Bonchev–Trinajstić information content (AvgIpc) is 2.89. The molecule has 1 aliphatic carbocycles. The van der Waals surface area contributed by atoms with Crippen molar-refractivity contribution in [3.63, 3.8) is 0 Å². The van der Waals surface area contributed by atoms with Crippen LogP contribution in [0.15, 0.2) is 60.8 Å². The van der Waals surface area contributed by atoms with Gasteiger partial charge in [0.05, 0.1) is 5.69 Å². The van der Waals surface area contributed by atoms with Gasteiger partial charge in [-0.3, -0.25) is 9.59 Å². The summed E-state index contributed by atoms with van der Waals surface area (Å²) in [6.07, 6.45) is 6.39. The van der Waals surface area contributed by atoms with Crippen molar-refractivity contribution in [1.29, 1.82) is 0 Å². The Morgan fingerprint density at radius 3 is 2.27 bits per heavy atom. The van der Waals surface area contributed by atoms with Gasteiger partial charge in [-0.1, -0.05) is 25.5 Å². The molecule has 2 amide bonds. The summed E-state index contributed by atoms with van der Waals surface area (Å²) >= 11 is 0. The summed E-state index contributed by atoms with van der Waals surface area (Å²) in [5, 5.41) is 6.20. The Bertz CT molecular complexity index is 1220. The summed E-state index contributed by atoms with van der Waals surface area (Å²) in [6.45, 7) is 5.29. The first-order valence-corrected chi connectivity index (χ1v) is 13.2. The molecule has 2 aromatic carbocycles. The van der Waals surface area contributed by atoms with Crippen LogP contribution < -0.4 is 15.5 Å². The second-order valence-corrected chi connectivity index (χ2v) is 9.75. The van der Waals surface area contributed by atoms with E-state index in [9.17, 15) is 9.59 Å². The van der Waals surface area contributed by atoms with Crippen molar-refractivity contribution < 1.29 is 9.59 Å². The molecular formula is C29H34N6O2. The average molecular weight is 499 g/mol. The SMILES string of the molecule is CCCC(=O)Nc1ccc(-c2ccnc(Nc3ccc(N4CCN(C(=O)C5CCC5)CC4)cc3)n2)cc1. The molecule has 1 saturated carbocycles. The van der Waals surface area contributed by atoms with Gasteiger partial charge < -0.3 is 20.4 Å². The molecular weight excluding hydrogens is 464 g/mol. The number of hydrogen-bond donors (Lipinski definition) is 2. The van der Waals surface area contributed by atoms with Crippen molar-refractivity contribution in [3.05, 3.63) is 60.8 Å². The van der Waals surface area contributed by atoms with Gasteiger partial charge in [-0.15, -0.1) is 0 Å². The van der Waals surface area contributed by atoms with Gasteiger partial charge in [0.25, 0.3) is 0 Å². The van der Waals surface area contributed by atoms with Crippen LogP contribution in [0.4, 0.5) is 23.0 Å². The fourth-order valence-electron chi connectivity index (χ4n) is 4.74. The number of nitrogens with zero attached hydrogens (tertiary/aromatic N) is 4. The van der Waals surface area contributed by atoms with E-state index in [0.29, 0.717) is 18.3 Å². The van der Waals surface area contributed by atoms with Gasteiger partial charge in [-0.25, -0.2) is 9.97 Å². The minimum atomic E-state index is 0.0242. The number of aromatic nitrogens is 2. The lowest BCUT2D eigenvalue weighted by Crippen LogP contribution is -2.51. The Labute approximate surface area is 218 Å². The molecule has 0 radical (unpaired) electrons.